The summed E-state index contributed by atoms with van der Waals surface area (Å²) in [7, 11) is 0. The molecule has 3 heteroatoms. The third-order valence-electron chi connectivity index (χ3n) is 2.96. The van der Waals surface area contributed by atoms with Crippen LogP contribution in [0.15, 0.2) is 30.8 Å². The predicted octanol–water partition coefficient (Wildman–Crippen LogP) is 2.83. The number of allylic oxidation sites excluding steroid dienone is 1. The van der Waals surface area contributed by atoms with Gasteiger partial charge in [0.2, 0.25) is 0 Å². The van der Waals surface area contributed by atoms with Crippen molar-refractivity contribution in [1.29, 1.82) is 0 Å². The van der Waals surface area contributed by atoms with E-state index in [0.717, 1.165) is 32.0 Å². The summed E-state index contributed by atoms with van der Waals surface area (Å²) in [6.07, 6.45) is 0.785. The Morgan fingerprint density at radius 1 is 1.16 bits per heavy atom. The second-order valence-electron chi connectivity index (χ2n) is 5.09. The lowest BCUT2D eigenvalue weighted by molar-refractivity contribution is 0.102. The lowest BCUT2D eigenvalue weighted by Crippen LogP contribution is -2.06. The van der Waals surface area contributed by atoms with Gasteiger partial charge in [0, 0.05) is 0 Å². The number of aryl methyl sites for hydroxylation is 1. The van der Waals surface area contributed by atoms with Crippen molar-refractivity contribution in [2.75, 3.05) is 26.4 Å². The van der Waals surface area contributed by atoms with Gasteiger partial charge in [0.25, 0.3) is 0 Å². The van der Waals surface area contributed by atoms with Crippen LogP contribution in [0.5, 0.6) is 0 Å². The second kappa shape index (κ2) is 6.85. The van der Waals surface area contributed by atoms with E-state index >= 15 is 0 Å². The number of epoxide rings is 2. The third kappa shape index (κ3) is 6.01. The van der Waals surface area contributed by atoms with Crippen LogP contribution < -0.4 is 0 Å². The van der Waals surface area contributed by atoms with Crippen molar-refractivity contribution in [3.8, 4) is 0 Å². The average Bonchev–Trinajstić information content (AvgIpc) is 3.25. The SMILES string of the molecule is C(OCC1CO1)C1CO1.C=C(C)c1ccc(C)cc1. The molecular formula is C16H22O3. The van der Waals surface area contributed by atoms with E-state index < -0.39 is 0 Å². The molecular weight excluding hydrogens is 240 g/mol. The van der Waals surface area contributed by atoms with E-state index in [1.54, 1.807) is 0 Å². The van der Waals surface area contributed by atoms with E-state index in [0.29, 0.717) is 12.2 Å². The first-order chi connectivity index (χ1) is 9.15. The van der Waals surface area contributed by atoms with Gasteiger partial charge in [0.15, 0.2) is 0 Å². The van der Waals surface area contributed by atoms with Crippen molar-refractivity contribution in [3.05, 3.63) is 42.0 Å². The Balaban J connectivity index is 0.000000141. The molecule has 0 saturated carbocycles. The van der Waals surface area contributed by atoms with Crippen LogP contribution in [0.4, 0.5) is 0 Å². The Morgan fingerprint density at radius 2 is 1.63 bits per heavy atom. The van der Waals surface area contributed by atoms with Crippen LogP contribution in [0.2, 0.25) is 0 Å². The van der Waals surface area contributed by atoms with Gasteiger partial charge in [-0.2, -0.15) is 0 Å². The van der Waals surface area contributed by atoms with E-state index in [2.05, 4.69) is 37.8 Å². The van der Waals surface area contributed by atoms with Gasteiger partial charge in [-0.3, -0.25) is 0 Å². The first-order valence-electron chi connectivity index (χ1n) is 6.68. The fourth-order valence-electron chi connectivity index (χ4n) is 1.50. The summed E-state index contributed by atoms with van der Waals surface area (Å²) in [5.41, 5.74) is 3.65. The smallest absolute Gasteiger partial charge is 0.104 e. The molecule has 1 aromatic rings. The molecule has 2 atom stereocenters. The third-order valence-corrected chi connectivity index (χ3v) is 2.96. The van der Waals surface area contributed by atoms with Crippen molar-refractivity contribution in [2.45, 2.75) is 26.1 Å². The van der Waals surface area contributed by atoms with Gasteiger partial charge in [0.1, 0.15) is 12.2 Å². The lowest BCUT2D eigenvalue weighted by Gasteiger charge is -1.98. The first kappa shape index (κ1) is 14.3. The van der Waals surface area contributed by atoms with Crippen molar-refractivity contribution < 1.29 is 14.2 Å². The molecule has 2 unspecified atom stereocenters. The van der Waals surface area contributed by atoms with E-state index in [1.807, 2.05) is 6.92 Å². The van der Waals surface area contributed by atoms with Gasteiger partial charge in [-0.05, 0) is 19.4 Å². The predicted molar refractivity (Wildman–Crippen MR) is 76.2 cm³/mol. The molecule has 2 heterocycles. The molecule has 0 bridgehead atoms. The topological polar surface area (TPSA) is 34.3 Å². The summed E-state index contributed by atoms with van der Waals surface area (Å²) in [5, 5.41) is 0. The summed E-state index contributed by atoms with van der Waals surface area (Å²) in [4.78, 5) is 0. The molecule has 0 amide bonds. The van der Waals surface area contributed by atoms with Crippen molar-refractivity contribution in [2.24, 2.45) is 0 Å². The fourth-order valence-corrected chi connectivity index (χ4v) is 1.50. The highest BCUT2D eigenvalue weighted by molar-refractivity contribution is 5.61. The molecule has 19 heavy (non-hydrogen) atoms. The molecule has 2 aliphatic rings. The van der Waals surface area contributed by atoms with Crippen LogP contribution >= 0.6 is 0 Å². The Bertz CT molecular complexity index is 391. The first-order valence-corrected chi connectivity index (χ1v) is 6.68. The Morgan fingerprint density at radius 3 is 2.00 bits per heavy atom. The quantitative estimate of drug-likeness (QED) is 0.765. The zero-order valence-electron chi connectivity index (χ0n) is 11.7. The Kier molecular flexibility index (Phi) is 5.14. The zero-order chi connectivity index (χ0) is 13.7. The number of hydrogen-bond donors (Lipinski definition) is 0. The van der Waals surface area contributed by atoms with Crippen molar-refractivity contribution >= 4 is 5.57 Å². The Hall–Kier alpha value is -1.16. The number of ether oxygens (including phenoxy) is 3. The summed E-state index contributed by atoms with van der Waals surface area (Å²) < 4.78 is 15.1. The molecule has 104 valence electrons. The highest BCUT2D eigenvalue weighted by atomic mass is 16.6. The van der Waals surface area contributed by atoms with E-state index in [1.165, 1.54) is 11.1 Å². The van der Waals surface area contributed by atoms with E-state index in [9.17, 15) is 0 Å². The monoisotopic (exact) mass is 262 g/mol. The van der Waals surface area contributed by atoms with Crippen molar-refractivity contribution in [3.63, 3.8) is 0 Å². The van der Waals surface area contributed by atoms with Crippen LogP contribution in [0, 0.1) is 6.92 Å². The Labute approximate surface area is 115 Å². The minimum Gasteiger partial charge on any atom is -0.376 e. The molecule has 0 radical (unpaired) electrons. The molecule has 1 aromatic carbocycles. The maximum absolute atomic E-state index is 5.23. The van der Waals surface area contributed by atoms with Gasteiger partial charge in [-0.25, -0.2) is 0 Å². The van der Waals surface area contributed by atoms with Crippen LogP contribution in [-0.2, 0) is 14.2 Å². The summed E-state index contributed by atoms with van der Waals surface area (Å²) >= 11 is 0. The summed E-state index contributed by atoms with van der Waals surface area (Å²) in [5.74, 6) is 0. The van der Waals surface area contributed by atoms with Crippen LogP contribution in [0.25, 0.3) is 5.57 Å². The van der Waals surface area contributed by atoms with Gasteiger partial charge in [-0.1, -0.05) is 42.0 Å². The maximum Gasteiger partial charge on any atom is 0.104 e. The van der Waals surface area contributed by atoms with Gasteiger partial charge >= 0.3 is 0 Å². The number of hydrogen-bond acceptors (Lipinski definition) is 3. The second-order valence-corrected chi connectivity index (χ2v) is 5.09. The summed E-state index contributed by atoms with van der Waals surface area (Å²) in [6, 6.07) is 8.39. The van der Waals surface area contributed by atoms with Gasteiger partial charge in [0.05, 0.1) is 26.4 Å². The molecule has 3 nitrogen and oxygen atoms in total. The lowest BCUT2D eigenvalue weighted by atomic mass is 10.1. The van der Waals surface area contributed by atoms with Crippen LogP contribution in [-0.4, -0.2) is 38.6 Å². The summed E-state index contributed by atoms with van der Waals surface area (Å²) in [6.45, 7) is 11.2. The largest absolute Gasteiger partial charge is 0.376 e. The molecule has 3 rings (SSSR count). The van der Waals surface area contributed by atoms with Crippen LogP contribution in [0.1, 0.15) is 18.1 Å². The number of benzene rings is 1. The fraction of sp³-hybridized carbons (Fsp3) is 0.500. The van der Waals surface area contributed by atoms with E-state index in [4.69, 9.17) is 14.2 Å². The highest BCUT2D eigenvalue weighted by Gasteiger charge is 2.26. The standard InChI is InChI=1S/C10H12.C6H10O3/c1-8(2)10-6-4-9(3)5-7-10;1(5-3-8-5)7-2-6-4-9-6/h4-7H,1H2,2-3H3;5-6H,1-4H2. The number of rotatable bonds is 5. The molecule has 2 saturated heterocycles. The average molecular weight is 262 g/mol. The molecule has 0 N–H and O–H groups in total. The normalized spacial score (nSPS) is 23.3. The van der Waals surface area contributed by atoms with Gasteiger partial charge in [-0.15, -0.1) is 0 Å². The van der Waals surface area contributed by atoms with E-state index in [-0.39, 0.29) is 0 Å². The highest BCUT2D eigenvalue weighted by Crippen LogP contribution is 2.12. The minimum atomic E-state index is 0.392. The molecule has 0 aliphatic carbocycles. The molecule has 0 spiro atoms. The molecule has 2 aliphatic heterocycles. The minimum absolute atomic E-state index is 0.392. The maximum atomic E-state index is 5.23. The molecule has 0 aromatic heterocycles. The van der Waals surface area contributed by atoms with Crippen LogP contribution in [0.3, 0.4) is 0 Å². The van der Waals surface area contributed by atoms with Gasteiger partial charge < -0.3 is 14.2 Å². The van der Waals surface area contributed by atoms with Crippen molar-refractivity contribution in [1.82, 2.24) is 0 Å². The zero-order valence-corrected chi connectivity index (χ0v) is 11.7. The molecule has 2 fully saturated rings.